The van der Waals surface area contributed by atoms with Crippen molar-refractivity contribution >= 4 is 60.4 Å². The first-order chi connectivity index (χ1) is 26.7. The molecule has 0 radical (unpaired) electrons. The second kappa shape index (κ2) is 12.1. The second-order valence-electron chi connectivity index (χ2n) is 14.5. The molecule has 0 saturated heterocycles. The number of hydrogen-bond donors (Lipinski definition) is 0. The van der Waals surface area contributed by atoms with Crippen LogP contribution in [-0.4, -0.2) is 14.1 Å². The zero-order valence-electron chi connectivity index (χ0n) is 29.8. The Morgan fingerprint density at radius 2 is 1.11 bits per heavy atom. The summed E-state index contributed by atoms with van der Waals surface area (Å²) < 4.78 is 11.3. The van der Waals surface area contributed by atoms with E-state index in [1.807, 2.05) is 0 Å². The van der Waals surface area contributed by atoms with E-state index in [0.717, 1.165) is 51.0 Å². The van der Waals surface area contributed by atoms with E-state index in [9.17, 15) is 0 Å². The summed E-state index contributed by atoms with van der Waals surface area (Å²) in [6.45, 7) is 2.27. The lowest BCUT2D eigenvalue weighted by Crippen LogP contribution is -2.00. The van der Waals surface area contributed by atoms with Crippen molar-refractivity contribution in [3.8, 4) is 39.4 Å². The van der Waals surface area contributed by atoms with Gasteiger partial charge in [0.1, 0.15) is 5.52 Å². The van der Waals surface area contributed by atoms with E-state index in [-0.39, 0.29) is 0 Å². The zero-order valence-corrected chi connectivity index (χ0v) is 29.8. The molecule has 0 spiro atoms. The Kier molecular flexibility index (Phi) is 6.86. The van der Waals surface area contributed by atoms with Crippen LogP contribution in [0.2, 0.25) is 0 Å². The highest BCUT2D eigenvalue weighted by Gasteiger charge is 2.17. The molecule has 10 aromatic rings. The van der Waals surface area contributed by atoms with Crippen molar-refractivity contribution in [3.63, 3.8) is 0 Å². The van der Waals surface area contributed by atoms with Crippen LogP contribution in [0.25, 0.3) is 99.8 Å². The SMILES string of the molecule is CC1C=CC(n2c3ccccc3c3cc(-c4cccc(-c5nc6ccc(-c7ccc8c(c7)c7ccccc7n8-c7ccccc7)cc6o5)c4)ccc32)=CC1. The summed E-state index contributed by atoms with van der Waals surface area (Å²) >= 11 is 0. The highest BCUT2D eigenvalue weighted by molar-refractivity contribution is 6.12. The minimum absolute atomic E-state index is 0.569. The highest BCUT2D eigenvalue weighted by atomic mass is 16.3. The van der Waals surface area contributed by atoms with Crippen LogP contribution in [0.3, 0.4) is 0 Å². The number of fused-ring (bicyclic) bond motifs is 7. The van der Waals surface area contributed by atoms with E-state index in [1.165, 1.54) is 49.3 Å². The molecule has 0 saturated carbocycles. The van der Waals surface area contributed by atoms with Crippen molar-refractivity contribution in [1.29, 1.82) is 0 Å². The molecule has 3 aromatic heterocycles. The minimum Gasteiger partial charge on any atom is -0.436 e. The average molecular weight is 694 g/mol. The predicted octanol–water partition coefficient (Wildman–Crippen LogP) is 13.5. The second-order valence-corrected chi connectivity index (χ2v) is 14.5. The van der Waals surface area contributed by atoms with Crippen LogP contribution < -0.4 is 0 Å². The molecule has 0 N–H and O–H groups in total. The number of hydrogen-bond acceptors (Lipinski definition) is 2. The Morgan fingerprint density at radius 3 is 1.83 bits per heavy atom. The summed E-state index contributed by atoms with van der Waals surface area (Å²) in [4.78, 5) is 4.95. The van der Waals surface area contributed by atoms with Crippen molar-refractivity contribution in [2.75, 3.05) is 0 Å². The lowest BCUT2D eigenvalue weighted by atomic mass is 10.0. The predicted molar refractivity (Wildman–Crippen MR) is 225 cm³/mol. The summed E-state index contributed by atoms with van der Waals surface area (Å²) in [5.74, 6) is 1.19. The molecule has 11 rings (SSSR count). The van der Waals surface area contributed by atoms with Crippen LogP contribution in [0.15, 0.2) is 180 Å². The Morgan fingerprint density at radius 1 is 0.519 bits per heavy atom. The molecule has 4 nitrogen and oxygen atoms in total. The third kappa shape index (κ3) is 4.87. The molecule has 0 bridgehead atoms. The molecule has 1 atom stereocenters. The van der Waals surface area contributed by atoms with Gasteiger partial charge in [-0.3, -0.25) is 0 Å². The van der Waals surface area contributed by atoms with Crippen LogP contribution in [0, 0.1) is 5.92 Å². The van der Waals surface area contributed by atoms with Crippen LogP contribution in [0.1, 0.15) is 13.3 Å². The Bertz CT molecular complexity index is 3150. The molecular weight excluding hydrogens is 659 g/mol. The molecule has 4 heteroatoms. The van der Waals surface area contributed by atoms with Crippen molar-refractivity contribution in [2.24, 2.45) is 5.92 Å². The fourth-order valence-electron chi connectivity index (χ4n) is 8.38. The van der Waals surface area contributed by atoms with Gasteiger partial charge in [0.2, 0.25) is 5.89 Å². The monoisotopic (exact) mass is 693 g/mol. The first-order valence-electron chi connectivity index (χ1n) is 18.7. The topological polar surface area (TPSA) is 35.9 Å². The van der Waals surface area contributed by atoms with Gasteiger partial charge in [0.15, 0.2) is 5.58 Å². The summed E-state index contributed by atoms with van der Waals surface area (Å²) in [5, 5.41) is 4.97. The summed E-state index contributed by atoms with van der Waals surface area (Å²) in [6.07, 6.45) is 8.00. The van der Waals surface area contributed by atoms with Gasteiger partial charge in [0.25, 0.3) is 0 Å². The van der Waals surface area contributed by atoms with Crippen LogP contribution in [0.4, 0.5) is 0 Å². The molecule has 0 amide bonds. The summed E-state index contributed by atoms with van der Waals surface area (Å²) in [7, 11) is 0. The van der Waals surface area contributed by atoms with E-state index in [1.54, 1.807) is 0 Å². The fourth-order valence-corrected chi connectivity index (χ4v) is 8.38. The quantitative estimate of drug-likeness (QED) is 0.180. The summed E-state index contributed by atoms with van der Waals surface area (Å²) in [5.41, 5.74) is 14.3. The number of para-hydroxylation sites is 3. The van der Waals surface area contributed by atoms with Gasteiger partial charge >= 0.3 is 0 Å². The van der Waals surface area contributed by atoms with Gasteiger partial charge < -0.3 is 13.6 Å². The summed E-state index contributed by atoms with van der Waals surface area (Å²) in [6, 6.07) is 56.4. The molecule has 0 fully saturated rings. The van der Waals surface area contributed by atoms with Crippen LogP contribution in [0.5, 0.6) is 0 Å². The number of benzene rings is 7. The average Bonchev–Trinajstić information content (AvgIpc) is 3.91. The zero-order chi connectivity index (χ0) is 35.8. The third-order valence-corrected chi connectivity index (χ3v) is 11.1. The maximum atomic E-state index is 6.50. The normalized spacial score (nSPS) is 14.5. The molecule has 7 aromatic carbocycles. The standard InChI is InChI=1S/C50H35N3O/c1-32-18-23-39(24-19-32)53-46-17-8-6-15-41(46)42-29-34(21-26-48(42)53)33-10-9-11-37(28-33)50-51-44-25-20-36(31-49(44)54-50)35-22-27-47-43(30-35)40-14-5-7-16-45(40)52(47)38-12-3-2-4-13-38/h2-18,20-32H,19H2,1H3. The van der Waals surface area contributed by atoms with E-state index in [4.69, 9.17) is 9.40 Å². The van der Waals surface area contributed by atoms with E-state index < -0.39 is 0 Å². The van der Waals surface area contributed by atoms with Crippen molar-refractivity contribution in [2.45, 2.75) is 13.3 Å². The number of oxazole rings is 1. The molecule has 1 aliphatic rings. The number of rotatable bonds is 5. The molecule has 1 aliphatic carbocycles. The molecule has 1 unspecified atom stereocenters. The smallest absolute Gasteiger partial charge is 0.227 e. The molecule has 54 heavy (non-hydrogen) atoms. The lowest BCUT2D eigenvalue weighted by molar-refractivity contribution is 0.620. The van der Waals surface area contributed by atoms with E-state index >= 15 is 0 Å². The van der Waals surface area contributed by atoms with Gasteiger partial charge in [0, 0.05) is 38.5 Å². The van der Waals surface area contributed by atoms with Crippen LogP contribution >= 0.6 is 0 Å². The Balaban J connectivity index is 0.955. The molecule has 256 valence electrons. The van der Waals surface area contributed by atoms with Crippen molar-refractivity contribution in [1.82, 2.24) is 14.1 Å². The molecule has 3 heterocycles. The number of allylic oxidation sites excluding steroid dienone is 4. The maximum Gasteiger partial charge on any atom is 0.227 e. The number of nitrogens with zero attached hydrogens (tertiary/aromatic N) is 3. The third-order valence-electron chi connectivity index (χ3n) is 11.1. The molecular formula is C50H35N3O. The lowest BCUT2D eigenvalue weighted by Gasteiger charge is -2.15. The van der Waals surface area contributed by atoms with Gasteiger partial charge in [-0.2, -0.15) is 0 Å². The Hall–Kier alpha value is -6.91. The van der Waals surface area contributed by atoms with Crippen molar-refractivity contribution in [3.05, 3.63) is 176 Å². The Labute approximate surface area is 312 Å². The van der Waals surface area contributed by atoms with E-state index in [2.05, 4.69) is 192 Å². The molecule has 0 aliphatic heterocycles. The largest absolute Gasteiger partial charge is 0.436 e. The van der Waals surface area contributed by atoms with E-state index in [0.29, 0.717) is 11.8 Å². The van der Waals surface area contributed by atoms with Gasteiger partial charge in [-0.05, 0) is 113 Å². The van der Waals surface area contributed by atoms with Gasteiger partial charge in [-0.25, -0.2) is 4.98 Å². The first-order valence-corrected chi connectivity index (χ1v) is 18.7. The number of aromatic nitrogens is 3. The van der Waals surface area contributed by atoms with Crippen LogP contribution in [-0.2, 0) is 0 Å². The first kappa shape index (κ1) is 30.7. The fraction of sp³-hybridized carbons (Fsp3) is 0.0600. The van der Waals surface area contributed by atoms with Crippen molar-refractivity contribution < 1.29 is 4.42 Å². The van der Waals surface area contributed by atoms with Gasteiger partial charge in [-0.15, -0.1) is 0 Å². The maximum absolute atomic E-state index is 6.50. The minimum atomic E-state index is 0.569. The van der Waals surface area contributed by atoms with Gasteiger partial charge in [0.05, 0.1) is 22.1 Å². The highest BCUT2D eigenvalue weighted by Crippen LogP contribution is 2.39. The van der Waals surface area contributed by atoms with Gasteiger partial charge in [-0.1, -0.05) is 104 Å².